The summed E-state index contributed by atoms with van der Waals surface area (Å²) in [7, 11) is 3.51. The molecule has 0 spiro atoms. The van der Waals surface area contributed by atoms with Gasteiger partial charge in [0.1, 0.15) is 5.75 Å². The maximum atomic E-state index is 12.8. The lowest BCUT2D eigenvalue weighted by Gasteiger charge is -2.25. The van der Waals surface area contributed by atoms with Crippen molar-refractivity contribution in [2.24, 2.45) is 5.73 Å². The van der Waals surface area contributed by atoms with E-state index in [1.165, 1.54) is 0 Å². The molecule has 138 valence electrons. The highest BCUT2D eigenvalue weighted by Gasteiger charge is 2.18. The third-order valence-electron chi connectivity index (χ3n) is 3.99. The van der Waals surface area contributed by atoms with Crippen LogP contribution in [0.5, 0.6) is 5.75 Å². The number of methoxy groups -OCH3 is 1. The monoisotopic (exact) mass is 355 g/mol. The number of hydrogen-bond acceptors (Lipinski definition) is 4. The minimum absolute atomic E-state index is 0.0881. The largest absolute Gasteiger partial charge is 0.496 e. The number of primary amides is 1. The van der Waals surface area contributed by atoms with Crippen molar-refractivity contribution in [1.29, 1.82) is 0 Å². The van der Waals surface area contributed by atoms with E-state index < -0.39 is 5.91 Å². The number of rotatable bonds is 9. The third-order valence-corrected chi connectivity index (χ3v) is 3.99. The van der Waals surface area contributed by atoms with Crippen LogP contribution in [-0.2, 0) is 16.1 Å². The number of likely N-dealkylation sites (N-methyl/N-ethyl adjacent to an activating group) is 1. The van der Waals surface area contributed by atoms with Crippen molar-refractivity contribution in [1.82, 2.24) is 4.90 Å². The van der Waals surface area contributed by atoms with E-state index >= 15 is 0 Å². The number of para-hydroxylation sites is 2. The van der Waals surface area contributed by atoms with Gasteiger partial charge in [0.25, 0.3) is 0 Å². The van der Waals surface area contributed by atoms with Crippen LogP contribution < -0.4 is 15.4 Å². The highest BCUT2D eigenvalue weighted by molar-refractivity contribution is 5.95. The lowest BCUT2D eigenvalue weighted by Crippen LogP contribution is -2.40. The first-order chi connectivity index (χ1) is 12.5. The van der Waals surface area contributed by atoms with Crippen LogP contribution in [0.2, 0.25) is 0 Å². The van der Waals surface area contributed by atoms with Gasteiger partial charge < -0.3 is 15.4 Å². The van der Waals surface area contributed by atoms with Crippen LogP contribution in [0.15, 0.2) is 54.6 Å². The fraction of sp³-hybridized carbons (Fsp3) is 0.300. The summed E-state index contributed by atoms with van der Waals surface area (Å²) in [4.78, 5) is 27.5. The summed E-state index contributed by atoms with van der Waals surface area (Å²) in [6.07, 6.45) is 0.122. The van der Waals surface area contributed by atoms with Gasteiger partial charge in [0.2, 0.25) is 11.8 Å². The number of ether oxygens (including phenoxy) is 1. The molecule has 2 N–H and O–H groups in total. The summed E-state index contributed by atoms with van der Waals surface area (Å²) in [5.41, 5.74) is 7.02. The van der Waals surface area contributed by atoms with E-state index in [0.29, 0.717) is 6.54 Å². The van der Waals surface area contributed by atoms with Gasteiger partial charge in [0.05, 0.1) is 13.7 Å². The molecule has 2 aromatic carbocycles. The topological polar surface area (TPSA) is 75.9 Å². The quantitative estimate of drug-likeness (QED) is 0.747. The van der Waals surface area contributed by atoms with Gasteiger partial charge in [0, 0.05) is 30.8 Å². The normalized spacial score (nSPS) is 10.6. The lowest BCUT2D eigenvalue weighted by molar-refractivity contribution is -0.120. The minimum Gasteiger partial charge on any atom is -0.496 e. The molecule has 6 nitrogen and oxygen atoms in total. The molecule has 0 radical (unpaired) electrons. The molecule has 0 heterocycles. The van der Waals surface area contributed by atoms with Crippen LogP contribution >= 0.6 is 0 Å². The molecule has 0 saturated carbocycles. The number of benzene rings is 2. The Morgan fingerprint density at radius 1 is 1.04 bits per heavy atom. The molecule has 0 aliphatic heterocycles. The van der Waals surface area contributed by atoms with E-state index in [4.69, 9.17) is 10.5 Å². The molecule has 2 rings (SSSR count). The number of nitrogens with two attached hydrogens (primary N) is 1. The van der Waals surface area contributed by atoms with Crippen molar-refractivity contribution in [2.75, 3.05) is 32.1 Å². The molecule has 0 unspecified atom stereocenters. The van der Waals surface area contributed by atoms with Gasteiger partial charge in [-0.1, -0.05) is 36.4 Å². The van der Waals surface area contributed by atoms with Crippen LogP contribution in [0.25, 0.3) is 0 Å². The van der Waals surface area contributed by atoms with Crippen molar-refractivity contribution in [3.05, 3.63) is 60.2 Å². The van der Waals surface area contributed by atoms with E-state index in [2.05, 4.69) is 0 Å². The standard InChI is InChI=1S/C20H25N3O3/c1-22(14-16-8-6-7-11-18(16)26-2)15-20(25)23(13-12-19(21)24)17-9-4-3-5-10-17/h3-11H,12-15H2,1-2H3,(H2,21,24). The molecule has 0 saturated heterocycles. The van der Waals surface area contributed by atoms with Crippen LogP contribution in [0, 0.1) is 0 Å². The molecule has 0 fully saturated rings. The highest BCUT2D eigenvalue weighted by Crippen LogP contribution is 2.19. The van der Waals surface area contributed by atoms with Crippen LogP contribution in [0.1, 0.15) is 12.0 Å². The minimum atomic E-state index is -0.430. The molecular weight excluding hydrogens is 330 g/mol. The number of carbonyl (C=O) groups is 2. The smallest absolute Gasteiger partial charge is 0.241 e. The van der Waals surface area contributed by atoms with Gasteiger partial charge >= 0.3 is 0 Å². The Bertz CT molecular complexity index is 734. The van der Waals surface area contributed by atoms with Gasteiger partial charge in [-0.25, -0.2) is 0 Å². The van der Waals surface area contributed by atoms with Gasteiger partial charge in [0.15, 0.2) is 0 Å². The lowest BCUT2D eigenvalue weighted by atomic mass is 10.2. The molecule has 0 aliphatic rings. The van der Waals surface area contributed by atoms with Crippen molar-refractivity contribution in [3.8, 4) is 5.75 Å². The first kappa shape index (κ1) is 19.5. The Morgan fingerprint density at radius 2 is 1.69 bits per heavy atom. The van der Waals surface area contributed by atoms with Gasteiger partial charge in [-0.05, 0) is 25.2 Å². The van der Waals surface area contributed by atoms with Crippen molar-refractivity contribution in [3.63, 3.8) is 0 Å². The summed E-state index contributed by atoms with van der Waals surface area (Å²) in [6, 6.07) is 17.0. The molecule has 2 aromatic rings. The van der Waals surface area contributed by atoms with Crippen LogP contribution in [0.3, 0.4) is 0 Å². The second-order valence-electron chi connectivity index (χ2n) is 6.08. The first-order valence-corrected chi connectivity index (χ1v) is 8.45. The Kier molecular flexibility index (Phi) is 7.17. The zero-order chi connectivity index (χ0) is 18.9. The predicted molar refractivity (Wildman–Crippen MR) is 102 cm³/mol. The number of carbonyl (C=O) groups excluding carboxylic acids is 2. The summed E-state index contributed by atoms with van der Waals surface area (Å²) in [5.74, 6) is 0.274. The average molecular weight is 355 g/mol. The molecule has 26 heavy (non-hydrogen) atoms. The highest BCUT2D eigenvalue weighted by atomic mass is 16.5. The third kappa shape index (κ3) is 5.60. The predicted octanol–water partition coefficient (Wildman–Crippen LogP) is 2.04. The number of nitrogens with zero attached hydrogens (tertiary/aromatic N) is 2. The van der Waals surface area contributed by atoms with Crippen molar-refractivity contribution in [2.45, 2.75) is 13.0 Å². The SMILES string of the molecule is COc1ccccc1CN(C)CC(=O)N(CCC(N)=O)c1ccccc1. The molecule has 0 atom stereocenters. The molecule has 0 aliphatic carbocycles. The fourth-order valence-corrected chi connectivity index (χ4v) is 2.72. The van der Waals surface area contributed by atoms with Gasteiger partial charge in [-0.15, -0.1) is 0 Å². The summed E-state index contributed by atoms with van der Waals surface area (Å²) in [6.45, 7) is 1.06. The molecule has 0 aromatic heterocycles. The van der Waals surface area contributed by atoms with E-state index in [1.807, 2.05) is 66.5 Å². The number of hydrogen-bond donors (Lipinski definition) is 1. The van der Waals surface area contributed by atoms with Crippen molar-refractivity contribution >= 4 is 17.5 Å². The number of amides is 2. The van der Waals surface area contributed by atoms with Gasteiger partial charge in [-0.2, -0.15) is 0 Å². The molecule has 0 bridgehead atoms. The molecule has 6 heteroatoms. The second-order valence-corrected chi connectivity index (χ2v) is 6.08. The van der Waals surface area contributed by atoms with Crippen LogP contribution in [-0.4, -0.2) is 44.0 Å². The Balaban J connectivity index is 2.06. The van der Waals surface area contributed by atoms with Gasteiger partial charge in [-0.3, -0.25) is 14.5 Å². The maximum Gasteiger partial charge on any atom is 0.241 e. The molecular formula is C20H25N3O3. The van der Waals surface area contributed by atoms with E-state index in [0.717, 1.165) is 17.0 Å². The van der Waals surface area contributed by atoms with Crippen molar-refractivity contribution < 1.29 is 14.3 Å². The zero-order valence-corrected chi connectivity index (χ0v) is 15.2. The summed E-state index contributed by atoms with van der Waals surface area (Å²) < 4.78 is 5.36. The average Bonchev–Trinajstić information content (AvgIpc) is 2.63. The Hall–Kier alpha value is -2.86. The fourth-order valence-electron chi connectivity index (χ4n) is 2.72. The summed E-state index contributed by atoms with van der Waals surface area (Å²) in [5, 5.41) is 0. The van der Waals surface area contributed by atoms with Crippen LogP contribution in [0.4, 0.5) is 5.69 Å². The Labute approximate surface area is 154 Å². The maximum absolute atomic E-state index is 12.8. The van der Waals surface area contributed by atoms with E-state index in [-0.39, 0.29) is 25.4 Å². The first-order valence-electron chi connectivity index (χ1n) is 8.45. The zero-order valence-electron chi connectivity index (χ0n) is 15.2. The van der Waals surface area contributed by atoms with E-state index in [1.54, 1.807) is 12.0 Å². The van der Waals surface area contributed by atoms with E-state index in [9.17, 15) is 9.59 Å². The summed E-state index contributed by atoms with van der Waals surface area (Å²) >= 11 is 0. The molecule has 2 amide bonds. The number of anilines is 1. The Morgan fingerprint density at radius 3 is 2.35 bits per heavy atom. The second kappa shape index (κ2) is 9.58.